The molecule has 146 valence electrons. The van der Waals surface area contributed by atoms with E-state index in [0.717, 1.165) is 11.1 Å². The standard InChI is InChI=1S/C21H19FN6O/c1-13(15-9-14-3-2-6-23-17(14)10-16(15)22)18-11-25-19-4-5-20(26-28(18)19)27-8-7-24-21(29)12-27/h2-6,9-11,13H,7-8,12H2,1H3,(H,24,29). The molecule has 0 radical (unpaired) electrons. The zero-order chi connectivity index (χ0) is 20.0. The summed E-state index contributed by atoms with van der Waals surface area (Å²) in [6.45, 7) is 3.48. The molecule has 8 heteroatoms. The third kappa shape index (κ3) is 3.06. The Balaban J connectivity index is 1.57. The third-order valence-electron chi connectivity index (χ3n) is 5.37. The summed E-state index contributed by atoms with van der Waals surface area (Å²) in [6, 6.07) is 10.8. The number of aromatic nitrogens is 4. The number of hydrogen-bond acceptors (Lipinski definition) is 5. The smallest absolute Gasteiger partial charge is 0.239 e. The summed E-state index contributed by atoms with van der Waals surface area (Å²) in [4.78, 5) is 22.3. The van der Waals surface area contributed by atoms with Gasteiger partial charge in [-0.2, -0.15) is 0 Å². The van der Waals surface area contributed by atoms with Crippen molar-refractivity contribution in [2.45, 2.75) is 12.8 Å². The fraction of sp³-hybridized carbons (Fsp3) is 0.238. The molecule has 4 heterocycles. The van der Waals surface area contributed by atoms with Gasteiger partial charge in [0.2, 0.25) is 5.91 Å². The summed E-state index contributed by atoms with van der Waals surface area (Å²) >= 11 is 0. The average Bonchev–Trinajstić information content (AvgIpc) is 3.16. The lowest BCUT2D eigenvalue weighted by atomic mass is 9.96. The molecule has 3 aromatic heterocycles. The van der Waals surface area contributed by atoms with E-state index in [1.165, 1.54) is 6.07 Å². The van der Waals surface area contributed by atoms with Crippen molar-refractivity contribution in [2.75, 3.05) is 24.5 Å². The summed E-state index contributed by atoms with van der Waals surface area (Å²) in [7, 11) is 0. The van der Waals surface area contributed by atoms with E-state index in [4.69, 9.17) is 5.10 Å². The molecule has 1 aliphatic heterocycles. The first-order valence-electron chi connectivity index (χ1n) is 9.50. The molecule has 1 atom stereocenters. The van der Waals surface area contributed by atoms with Gasteiger partial charge in [-0.3, -0.25) is 9.78 Å². The van der Waals surface area contributed by atoms with Crippen LogP contribution < -0.4 is 10.2 Å². The topological polar surface area (TPSA) is 75.4 Å². The van der Waals surface area contributed by atoms with Gasteiger partial charge < -0.3 is 10.2 Å². The van der Waals surface area contributed by atoms with Crippen LogP contribution in [0.5, 0.6) is 0 Å². The lowest BCUT2D eigenvalue weighted by Gasteiger charge is -2.27. The van der Waals surface area contributed by atoms with Crippen molar-refractivity contribution in [1.29, 1.82) is 0 Å². The molecule has 0 aliphatic carbocycles. The van der Waals surface area contributed by atoms with Crippen LogP contribution in [0.25, 0.3) is 16.6 Å². The number of rotatable bonds is 3. The Kier molecular flexibility index (Phi) is 4.12. The van der Waals surface area contributed by atoms with Gasteiger partial charge in [-0.05, 0) is 29.8 Å². The molecular formula is C21H19FN6O. The number of nitrogens with one attached hydrogen (secondary N) is 1. The van der Waals surface area contributed by atoms with Crippen LogP contribution in [0.15, 0.2) is 48.8 Å². The number of carbonyl (C=O) groups is 1. The van der Waals surface area contributed by atoms with Crippen molar-refractivity contribution >= 4 is 28.3 Å². The molecule has 0 saturated carbocycles. The zero-order valence-electron chi connectivity index (χ0n) is 15.8. The number of pyridine rings is 1. The van der Waals surface area contributed by atoms with Crippen molar-refractivity contribution in [1.82, 2.24) is 24.9 Å². The summed E-state index contributed by atoms with van der Waals surface area (Å²) in [6.07, 6.45) is 3.38. The minimum absolute atomic E-state index is 0.0239. The number of amides is 1. The number of carbonyl (C=O) groups excluding carboxylic acids is 1. The predicted octanol–water partition coefficient (Wildman–Crippen LogP) is 2.50. The second-order valence-corrected chi connectivity index (χ2v) is 7.21. The first-order chi connectivity index (χ1) is 14.1. The maximum Gasteiger partial charge on any atom is 0.239 e. The van der Waals surface area contributed by atoms with Crippen LogP contribution in [0.2, 0.25) is 0 Å². The maximum absolute atomic E-state index is 14.8. The quantitative estimate of drug-likeness (QED) is 0.582. The van der Waals surface area contributed by atoms with Gasteiger partial charge in [0.1, 0.15) is 11.6 Å². The Bertz CT molecular complexity index is 1240. The van der Waals surface area contributed by atoms with Gasteiger partial charge in [0, 0.05) is 36.7 Å². The molecule has 1 amide bonds. The number of benzene rings is 1. The first kappa shape index (κ1) is 17.5. The average molecular weight is 390 g/mol. The number of piperazine rings is 1. The monoisotopic (exact) mass is 390 g/mol. The van der Waals surface area contributed by atoms with Gasteiger partial charge in [-0.1, -0.05) is 13.0 Å². The van der Waals surface area contributed by atoms with Crippen molar-refractivity contribution in [3.05, 3.63) is 65.9 Å². The van der Waals surface area contributed by atoms with E-state index in [0.29, 0.717) is 35.6 Å². The Morgan fingerprint density at radius 3 is 2.97 bits per heavy atom. The van der Waals surface area contributed by atoms with Crippen LogP contribution in [-0.2, 0) is 4.79 Å². The van der Waals surface area contributed by atoms with E-state index in [2.05, 4.69) is 15.3 Å². The van der Waals surface area contributed by atoms with Crippen LogP contribution >= 0.6 is 0 Å². The van der Waals surface area contributed by atoms with Crippen molar-refractivity contribution < 1.29 is 9.18 Å². The molecule has 1 saturated heterocycles. The van der Waals surface area contributed by atoms with Gasteiger partial charge in [0.25, 0.3) is 0 Å². The van der Waals surface area contributed by atoms with Gasteiger partial charge in [-0.25, -0.2) is 13.9 Å². The molecule has 1 N–H and O–H groups in total. The SMILES string of the molecule is CC(c1cc2cccnc2cc1F)c1cnc2ccc(N3CCNC(=O)C3)nn12. The number of fused-ring (bicyclic) bond motifs is 2. The summed E-state index contributed by atoms with van der Waals surface area (Å²) in [5.41, 5.74) is 2.66. The highest BCUT2D eigenvalue weighted by atomic mass is 19.1. The fourth-order valence-electron chi connectivity index (χ4n) is 3.78. The third-order valence-corrected chi connectivity index (χ3v) is 5.37. The highest BCUT2D eigenvalue weighted by molar-refractivity contribution is 5.82. The number of hydrogen-bond donors (Lipinski definition) is 1. The molecule has 29 heavy (non-hydrogen) atoms. The Labute approximate surface area is 166 Å². The van der Waals surface area contributed by atoms with E-state index in [1.807, 2.05) is 42.2 Å². The molecule has 0 bridgehead atoms. The van der Waals surface area contributed by atoms with Crippen LogP contribution in [0.3, 0.4) is 0 Å². The highest BCUT2D eigenvalue weighted by Crippen LogP contribution is 2.30. The number of halogens is 1. The minimum atomic E-state index is -0.303. The molecule has 5 rings (SSSR count). The number of imidazole rings is 1. The van der Waals surface area contributed by atoms with Crippen LogP contribution in [-0.4, -0.2) is 45.1 Å². The van der Waals surface area contributed by atoms with E-state index >= 15 is 0 Å². The summed E-state index contributed by atoms with van der Waals surface area (Å²) in [5, 5.41) is 8.40. The lowest BCUT2D eigenvalue weighted by molar-refractivity contribution is -0.120. The van der Waals surface area contributed by atoms with Crippen molar-refractivity contribution in [3.63, 3.8) is 0 Å². The van der Waals surface area contributed by atoms with E-state index < -0.39 is 0 Å². The molecular weight excluding hydrogens is 371 g/mol. The van der Waals surface area contributed by atoms with Gasteiger partial charge in [-0.15, -0.1) is 5.10 Å². The van der Waals surface area contributed by atoms with Crippen LogP contribution in [0.1, 0.15) is 24.1 Å². The van der Waals surface area contributed by atoms with Gasteiger partial charge in [0.15, 0.2) is 5.65 Å². The highest BCUT2D eigenvalue weighted by Gasteiger charge is 2.21. The lowest BCUT2D eigenvalue weighted by Crippen LogP contribution is -2.48. The van der Waals surface area contributed by atoms with Gasteiger partial charge in [0.05, 0.1) is 24.0 Å². The fourth-order valence-corrected chi connectivity index (χ4v) is 3.78. The predicted molar refractivity (Wildman–Crippen MR) is 107 cm³/mol. The second kappa shape index (κ2) is 6.80. The van der Waals surface area contributed by atoms with E-state index in [1.54, 1.807) is 16.9 Å². The molecule has 1 aliphatic rings. The van der Waals surface area contributed by atoms with Gasteiger partial charge >= 0.3 is 0 Å². The first-order valence-corrected chi connectivity index (χ1v) is 9.50. The van der Waals surface area contributed by atoms with E-state index in [-0.39, 0.29) is 24.2 Å². The molecule has 1 unspecified atom stereocenters. The summed E-state index contributed by atoms with van der Waals surface area (Å²) in [5.74, 6) is 0.107. The minimum Gasteiger partial charge on any atom is -0.353 e. The number of anilines is 1. The molecule has 1 aromatic carbocycles. The molecule has 0 spiro atoms. The second-order valence-electron chi connectivity index (χ2n) is 7.21. The van der Waals surface area contributed by atoms with Crippen LogP contribution in [0.4, 0.5) is 10.2 Å². The van der Waals surface area contributed by atoms with Crippen molar-refractivity contribution in [3.8, 4) is 0 Å². The number of nitrogens with zero attached hydrogens (tertiary/aromatic N) is 5. The van der Waals surface area contributed by atoms with Crippen molar-refractivity contribution in [2.24, 2.45) is 0 Å². The molecule has 4 aromatic rings. The van der Waals surface area contributed by atoms with E-state index in [9.17, 15) is 9.18 Å². The summed E-state index contributed by atoms with van der Waals surface area (Å²) < 4.78 is 16.6. The zero-order valence-corrected chi connectivity index (χ0v) is 15.8. The molecule has 7 nitrogen and oxygen atoms in total. The normalized spacial score (nSPS) is 15.7. The Morgan fingerprint density at radius 2 is 2.10 bits per heavy atom. The maximum atomic E-state index is 14.8. The van der Waals surface area contributed by atoms with Crippen LogP contribution in [0, 0.1) is 5.82 Å². The molecule has 1 fully saturated rings. The largest absolute Gasteiger partial charge is 0.353 e. The Hall–Kier alpha value is -3.55. The Morgan fingerprint density at radius 1 is 1.21 bits per heavy atom.